The summed E-state index contributed by atoms with van der Waals surface area (Å²) in [6, 6.07) is 16.0. The average molecular weight is 472 g/mol. The monoisotopic (exact) mass is 471 g/mol. The molecular weight excluding hydrogens is 446 g/mol. The number of hydrogen-bond donors (Lipinski definition) is 0. The van der Waals surface area contributed by atoms with Crippen LogP contribution in [0.5, 0.6) is 11.5 Å². The lowest BCUT2D eigenvalue weighted by Crippen LogP contribution is -2.26. The van der Waals surface area contributed by atoms with Crippen LogP contribution < -0.4 is 14.4 Å². The van der Waals surface area contributed by atoms with Crippen LogP contribution >= 0.6 is 12.2 Å². The van der Waals surface area contributed by atoms with Gasteiger partial charge in [0.25, 0.3) is 0 Å². The van der Waals surface area contributed by atoms with Crippen molar-refractivity contribution in [2.45, 2.75) is 13.0 Å². The van der Waals surface area contributed by atoms with Crippen LogP contribution in [-0.2, 0) is 6.54 Å². The second kappa shape index (κ2) is 10.4. The fraction of sp³-hybridized carbons (Fsp3) is 0.185. The molecule has 0 amide bonds. The Kier molecular flexibility index (Phi) is 6.72. The number of nitrogens with zero attached hydrogens (tertiary/aromatic N) is 3. The van der Waals surface area contributed by atoms with Crippen molar-refractivity contribution >= 4 is 23.5 Å². The second-order valence-corrected chi connectivity index (χ2v) is 8.29. The van der Waals surface area contributed by atoms with Crippen LogP contribution in [-0.4, -0.2) is 35.3 Å². The molecule has 0 unspecified atom stereocenters. The fourth-order valence-corrected chi connectivity index (χ4v) is 4.06. The van der Waals surface area contributed by atoms with E-state index >= 15 is 0 Å². The van der Waals surface area contributed by atoms with E-state index in [0.717, 1.165) is 59.3 Å². The van der Waals surface area contributed by atoms with E-state index in [-0.39, 0.29) is 6.79 Å². The molecule has 2 aliphatic heterocycles. The summed E-state index contributed by atoms with van der Waals surface area (Å²) in [6.45, 7) is 2.63. The van der Waals surface area contributed by atoms with E-state index in [1.807, 2.05) is 66.8 Å². The van der Waals surface area contributed by atoms with E-state index in [0.29, 0.717) is 6.54 Å². The van der Waals surface area contributed by atoms with Gasteiger partial charge < -0.3 is 23.8 Å². The summed E-state index contributed by atoms with van der Waals surface area (Å²) in [7, 11) is 0. The molecule has 7 heteroatoms. The zero-order valence-corrected chi connectivity index (χ0v) is 19.5. The van der Waals surface area contributed by atoms with Crippen molar-refractivity contribution in [3.8, 4) is 22.8 Å². The summed E-state index contributed by atoms with van der Waals surface area (Å²) in [5.74, 6) is 2.29. The Hall–Kier alpha value is -3.84. The molecule has 6 nitrogen and oxygen atoms in total. The van der Waals surface area contributed by atoms with E-state index < -0.39 is 0 Å². The highest BCUT2D eigenvalue weighted by molar-refractivity contribution is 7.79. The third kappa shape index (κ3) is 5.21. The lowest BCUT2D eigenvalue weighted by Gasteiger charge is -2.23. The van der Waals surface area contributed by atoms with Gasteiger partial charge in [0.2, 0.25) is 12.7 Å². The highest BCUT2D eigenvalue weighted by atomic mass is 32.1. The van der Waals surface area contributed by atoms with Gasteiger partial charge >= 0.3 is 0 Å². The number of aromatic nitrogens is 1. The topological polar surface area (TPSA) is 51.0 Å². The molecule has 5 rings (SSSR count). The van der Waals surface area contributed by atoms with Gasteiger partial charge in [-0.2, -0.15) is 0 Å². The molecule has 2 aromatic carbocycles. The highest BCUT2D eigenvalue weighted by Gasteiger charge is 2.18. The standard InChI is InChI=1S/C27H25N3O3S/c34-19-21-6-9-23(10-7-21)24-17-27(33-28-24)30(15-5-14-29-12-3-1-2-4-13-29)18-22-8-11-25-26(16-22)32-20-31-25/h1-4,6-13,16-17,19H,5,14-15,18,20H2. The molecule has 2 aliphatic rings. The smallest absolute Gasteiger partial charge is 0.231 e. The van der Waals surface area contributed by atoms with Crippen molar-refractivity contribution in [1.82, 2.24) is 10.1 Å². The number of thiocarbonyl (C=S) groups is 1. The van der Waals surface area contributed by atoms with E-state index in [1.54, 1.807) is 5.37 Å². The van der Waals surface area contributed by atoms with Gasteiger partial charge in [-0.05, 0) is 41.8 Å². The summed E-state index contributed by atoms with van der Waals surface area (Å²) < 4.78 is 16.8. The Morgan fingerprint density at radius 1 is 0.941 bits per heavy atom. The molecule has 1 aromatic heterocycles. The van der Waals surface area contributed by atoms with Crippen molar-refractivity contribution in [2.75, 3.05) is 24.8 Å². The zero-order valence-electron chi connectivity index (χ0n) is 18.7. The molecule has 0 radical (unpaired) electrons. The molecule has 0 saturated carbocycles. The predicted octanol–water partition coefficient (Wildman–Crippen LogP) is 5.71. The SMILES string of the molecule is S=Cc1ccc(-c2cc(N(CCCN3C=CC=CC=C3)Cc3ccc4c(c3)OCO4)on2)cc1. The molecule has 3 aromatic rings. The predicted molar refractivity (Wildman–Crippen MR) is 137 cm³/mol. The minimum Gasteiger partial charge on any atom is -0.454 e. The maximum atomic E-state index is 5.81. The van der Waals surface area contributed by atoms with E-state index in [9.17, 15) is 0 Å². The van der Waals surface area contributed by atoms with Crippen molar-refractivity contribution in [3.63, 3.8) is 0 Å². The van der Waals surface area contributed by atoms with Crippen LogP contribution in [0.3, 0.4) is 0 Å². The quantitative estimate of drug-likeness (QED) is 0.370. The molecular formula is C27H25N3O3S. The first-order valence-corrected chi connectivity index (χ1v) is 11.7. The maximum absolute atomic E-state index is 5.81. The molecule has 0 spiro atoms. The first-order chi connectivity index (χ1) is 16.8. The zero-order chi connectivity index (χ0) is 23.2. The third-order valence-corrected chi connectivity index (χ3v) is 5.97. The number of hydrogen-bond acceptors (Lipinski definition) is 7. The summed E-state index contributed by atoms with van der Waals surface area (Å²) in [5, 5.41) is 6.00. The Morgan fingerprint density at radius 2 is 1.74 bits per heavy atom. The Bertz CT molecular complexity index is 1210. The lowest BCUT2D eigenvalue weighted by molar-refractivity contribution is 0.174. The average Bonchev–Trinajstić information content (AvgIpc) is 3.48. The molecule has 0 atom stereocenters. The molecule has 3 heterocycles. The molecule has 172 valence electrons. The highest BCUT2D eigenvalue weighted by Crippen LogP contribution is 2.33. The van der Waals surface area contributed by atoms with Crippen LogP contribution in [0.25, 0.3) is 11.3 Å². The van der Waals surface area contributed by atoms with Crippen LogP contribution in [0.1, 0.15) is 17.5 Å². The fourth-order valence-electron chi connectivity index (χ4n) is 3.90. The van der Waals surface area contributed by atoms with E-state index in [1.165, 1.54) is 0 Å². The number of anilines is 1. The number of benzene rings is 2. The second-order valence-electron chi connectivity index (χ2n) is 8.06. The number of rotatable bonds is 9. The minimum atomic E-state index is 0.266. The lowest BCUT2D eigenvalue weighted by atomic mass is 10.1. The number of ether oxygens (including phenoxy) is 2. The van der Waals surface area contributed by atoms with Gasteiger partial charge in [-0.15, -0.1) is 0 Å². The van der Waals surface area contributed by atoms with Crippen molar-refractivity contribution in [3.05, 3.63) is 96.4 Å². The Morgan fingerprint density at radius 3 is 2.53 bits per heavy atom. The van der Waals surface area contributed by atoms with Crippen LogP contribution in [0.4, 0.5) is 5.88 Å². The summed E-state index contributed by atoms with van der Waals surface area (Å²) in [5.41, 5.74) is 3.90. The van der Waals surface area contributed by atoms with Crippen LogP contribution in [0.2, 0.25) is 0 Å². The van der Waals surface area contributed by atoms with Gasteiger partial charge in [-0.3, -0.25) is 0 Å². The molecule has 0 bridgehead atoms. The molecule has 0 fully saturated rings. The van der Waals surface area contributed by atoms with E-state index in [4.69, 9.17) is 26.2 Å². The molecule has 0 saturated heterocycles. The van der Waals surface area contributed by atoms with Crippen LogP contribution in [0.15, 0.2) is 89.8 Å². The van der Waals surface area contributed by atoms with E-state index in [2.05, 4.69) is 33.4 Å². The van der Waals surface area contributed by atoms with Gasteiger partial charge in [0.05, 0.1) is 0 Å². The summed E-state index contributed by atoms with van der Waals surface area (Å²) in [4.78, 5) is 4.39. The van der Waals surface area contributed by atoms with Gasteiger partial charge in [0.1, 0.15) is 5.69 Å². The first kappa shape index (κ1) is 22.0. The van der Waals surface area contributed by atoms with Crippen molar-refractivity contribution < 1.29 is 14.0 Å². The van der Waals surface area contributed by atoms with Crippen molar-refractivity contribution in [1.29, 1.82) is 0 Å². The molecule has 0 N–H and O–H groups in total. The Labute approximate surface area is 204 Å². The van der Waals surface area contributed by atoms with Crippen molar-refractivity contribution in [2.24, 2.45) is 0 Å². The molecule has 0 aliphatic carbocycles. The maximum Gasteiger partial charge on any atom is 0.231 e. The van der Waals surface area contributed by atoms with Gasteiger partial charge in [-0.1, -0.05) is 59.9 Å². The normalized spacial score (nSPS) is 13.8. The summed E-state index contributed by atoms with van der Waals surface area (Å²) in [6.07, 6.45) is 13.2. The Balaban J connectivity index is 1.33. The largest absolute Gasteiger partial charge is 0.454 e. The molecule has 34 heavy (non-hydrogen) atoms. The van der Waals surface area contributed by atoms with Gasteiger partial charge in [-0.25, -0.2) is 0 Å². The number of allylic oxidation sites excluding steroid dienone is 4. The minimum absolute atomic E-state index is 0.266. The van der Waals surface area contributed by atoms with Gasteiger partial charge in [0.15, 0.2) is 11.5 Å². The first-order valence-electron chi connectivity index (χ1n) is 11.2. The third-order valence-electron chi connectivity index (χ3n) is 5.70. The van der Waals surface area contributed by atoms with Gasteiger partial charge in [0, 0.05) is 49.0 Å². The van der Waals surface area contributed by atoms with Crippen LogP contribution in [0, 0.1) is 0 Å². The number of fused-ring (bicyclic) bond motifs is 1. The summed E-state index contributed by atoms with van der Waals surface area (Å²) >= 11 is 5.01.